The lowest BCUT2D eigenvalue weighted by atomic mass is 10.1. The molecule has 6 nitrogen and oxygen atoms in total. The van der Waals surface area contributed by atoms with E-state index in [-0.39, 0.29) is 24.6 Å². The highest BCUT2D eigenvalue weighted by Gasteiger charge is 2.21. The van der Waals surface area contributed by atoms with Gasteiger partial charge in [0.05, 0.1) is 12.2 Å². The van der Waals surface area contributed by atoms with Gasteiger partial charge in [0, 0.05) is 18.8 Å². The number of hydrogen-bond acceptors (Lipinski definition) is 4. The van der Waals surface area contributed by atoms with Gasteiger partial charge in [0.25, 0.3) is 0 Å². The molecule has 0 spiro atoms. The van der Waals surface area contributed by atoms with Gasteiger partial charge in [-0.25, -0.2) is 4.79 Å². The van der Waals surface area contributed by atoms with E-state index in [0.29, 0.717) is 24.4 Å². The minimum atomic E-state index is -1.04. The van der Waals surface area contributed by atoms with Crippen LogP contribution in [0.3, 0.4) is 0 Å². The van der Waals surface area contributed by atoms with Gasteiger partial charge < -0.3 is 20.5 Å². The van der Waals surface area contributed by atoms with E-state index in [0.717, 1.165) is 0 Å². The first-order valence-corrected chi connectivity index (χ1v) is 5.55. The molecule has 1 saturated heterocycles. The van der Waals surface area contributed by atoms with Crippen LogP contribution in [0.25, 0.3) is 0 Å². The molecule has 96 valence electrons. The maximum absolute atomic E-state index is 11.6. The molecule has 1 heterocycles. The van der Waals surface area contributed by atoms with E-state index < -0.39 is 5.97 Å². The molecule has 0 unspecified atom stereocenters. The minimum Gasteiger partial charge on any atom is -0.478 e. The Morgan fingerprint density at radius 3 is 2.94 bits per heavy atom. The van der Waals surface area contributed by atoms with Crippen LogP contribution in [-0.2, 0) is 16.1 Å². The van der Waals surface area contributed by atoms with Crippen molar-refractivity contribution >= 4 is 17.6 Å². The molecule has 1 aromatic carbocycles. The predicted octanol–water partition coefficient (Wildman–Crippen LogP) is 0.326. The Kier molecular flexibility index (Phi) is 3.47. The van der Waals surface area contributed by atoms with E-state index in [1.807, 2.05) is 0 Å². The summed E-state index contributed by atoms with van der Waals surface area (Å²) in [6.45, 7) is 1.27. The summed E-state index contributed by atoms with van der Waals surface area (Å²) in [5.74, 6) is -1.17. The number of aromatic carboxylic acids is 1. The van der Waals surface area contributed by atoms with Gasteiger partial charge in [-0.2, -0.15) is 0 Å². The predicted molar refractivity (Wildman–Crippen MR) is 64.0 cm³/mol. The van der Waals surface area contributed by atoms with E-state index in [1.54, 1.807) is 17.0 Å². The van der Waals surface area contributed by atoms with E-state index in [2.05, 4.69) is 0 Å². The van der Waals surface area contributed by atoms with Gasteiger partial charge in [-0.15, -0.1) is 0 Å². The molecular formula is C12H14N2O4. The minimum absolute atomic E-state index is 0.0530. The number of nitrogens with zero attached hydrogens (tertiary/aromatic N) is 1. The van der Waals surface area contributed by atoms with Gasteiger partial charge in [-0.05, 0) is 17.7 Å². The zero-order valence-electron chi connectivity index (χ0n) is 9.76. The summed E-state index contributed by atoms with van der Waals surface area (Å²) in [5.41, 5.74) is 6.66. The van der Waals surface area contributed by atoms with Crippen molar-refractivity contribution in [2.45, 2.75) is 6.54 Å². The second-order valence-corrected chi connectivity index (χ2v) is 4.09. The van der Waals surface area contributed by atoms with Crippen LogP contribution in [-0.4, -0.2) is 41.6 Å². The quantitative estimate of drug-likeness (QED) is 0.754. The van der Waals surface area contributed by atoms with Crippen LogP contribution < -0.4 is 5.73 Å². The Labute approximate surface area is 104 Å². The summed E-state index contributed by atoms with van der Waals surface area (Å²) < 4.78 is 5.02. The summed E-state index contributed by atoms with van der Waals surface area (Å²) in [6.07, 6.45) is 0. The van der Waals surface area contributed by atoms with Crippen molar-refractivity contribution in [3.8, 4) is 0 Å². The monoisotopic (exact) mass is 250 g/mol. The first-order valence-electron chi connectivity index (χ1n) is 5.55. The molecule has 18 heavy (non-hydrogen) atoms. The van der Waals surface area contributed by atoms with Crippen molar-refractivity contribution in [3.63, 3.8) is 0 Å². The number of anilines is 1. The van der Waals surface area contributed by atoms with Crippen LogP contribution in [0.15, 0.2) is 18.2 Å². The van der Waals surface area contributed by atoms with E-state index in [4.69, 9.17) is 15.6 Å². The van der Waals surface area contributed by atoms with Crippen LogP contribution in [0, 0.1) is 0 Å². The topological polar surface area (TPSA) is 92.9 Å². The van der Waals surface area contributed by atoms with Crippen molar-refractivity contribution in [1.82, 2.24) is 4.90 Å². The van der Waals surface area contributed by atoms with Gasteiger partial charge in [0.15, 0.2) is 0 Å². The molecule has 0 aliphatic carbocycles. The molecule has 2 rings (SSSR count). The normalized spacial score (nSPS) is 15.8. The summed E-state index contributed by atoms with van der Waals surface area (Å²) in [5, 5.41) is 9.10. The maximum atomic E-state index is 11.6. The number of benzene rings is 1. The fourth-order valence-corrected chi connectivity index (χ4v) is 1.85. The summed E-state index contributed by atoms with van der Waals surface area (Å²) in [4.78, 5) is 24.3. The molecule has 0 saturated carbocycles. The average molecular weight is 250 g/mol. The number of nitrogen functional groups attached to an aromatic ring is 1. The highest BCUT2D eigenvalue weighted by molar-refractivity contribution is 5.90. The molecule has 0 aromatic heterocycles. The summed E-state index contributed by atoms with van der Waals surface area (Å²) in [6, 6.07) is 4.68. The Morgan fingerprint density at radius 2 is 2.28 bits per heavy atom. The third-order valence-electron chi connectivity index (χ3n) is 2.81. The fourth-order valence-electron chi connectivity index (χ4n) is 1.85. The summed E-state index contributed by atoms with van der Waals surface area (Å²) in [7, 11) is 0. The number of carbonyl (C=O) groups is 2. The SMILES string of the molecule is Nc1ccc(CN2CCOCC2=O)c(C(=O)O)c1. The Hall–Kier alpha value is -2.08. The molecule has 1 aliphatic rings. The molecule has 1 amide bonds. The Morgan fingerprint density at radius 1 is 1.50 bits per heavy atom. The first-order chi connectivity index (χ1) is 8.58. The van der Waals surface area contributed by atoms with E-state index >= 15 is 0 Å². The number of morpholine rings is 1. The standard InChI is InChI=1S/C12H14N2O4/c13-9-2-1-8(10(5-9)12(16)17)6-14-3-4-18-7-11(14)15/h1-2,5H,3-4,6-7,13H2,(H,16,17). The van der Waals surface area contributed by atoms with Crippen molar-refractivity contribution < 1.29 is 19.4 Å². The van der Waals surface area contributed by atoms with Crippen molar-refractivity contribution in [1.29, 1.82) is 0 Å². The average Bonchev–Trinajstić information content (AvgIpc) is 2.34. The molecule has 3 N–H and O–H groups in total. The largest absolute Gasteiger partial charge is 0.478 e. The van der Waals surface area contributed by atoms with E-state index in [1.165, 1.54) is 6.07 Å². The van der Waals surface area contributed by atoms with Gasteiger partial charge in [0.2, 0.25) is 5.91 Å². The maximum Gasteiger partial charge on any atom is 0.336 e. The molecule has 1 fully saturated rings. The smallest absolute Gasteiger partial charge is 0.336 e. The van der Waals surface area contributed by atoms with Crippen molar-refractivity contribution in [3.05, 3.63) is 29.3 Å². The van der Waals surface area contributed by atoms with Crippen LogP contribution >= 0.6 is 0 Å². The molecule has 0 radical (unpaired) electrons. The van der Waals surface area contributed by atoms with E-state index in [9.17, 15) is 9.59 Å². The van der Waals surface area contributed by atoms with Gasteiger partial charge >= 0.3 is 5.97 Å². The highest BCUT2D eigenvalue weighted by atomic mass is 16.5. The number of ether oxygens (including phenoxy) is 1. The third-order valence-corrected chi connectivity index (χ3v) is 2.81. The molecular weight excluding hydrogens is 236 g/mol. The molecule has 1 aliphatic heterocycles. The zero-order chi connectivity index (χ0) is 13.1. The molecule has 1 aromatic rings. The van der Waals surface area contributed by atoms with Crippen molar-refractivity contribution in [2.24, 2.45) is 0 Å². The second-order valence-electron chi connectivity index (χ2n) is 4.09. The number of carboxylic acid groups (broad SMARTS) is 1. The zero-order valence-corrected chi connectivity index (χ0v) is 9.76. The summed E-state index contributed by atoms with van der Waals surface area (Å²) >= 11 is 0. The Bertz CT molecular complexity index is 487. The number of carbonyl (C=O) groups excluding carboxylic acids is 1. The lowest BCUT2D eigenvalue weighted by molar-refractivity contribution is -0.143. The molecule has 6 heteroatoms. The third kappa shape index (κ3) is 2.60. The van der Waals surface area contributed by atoms with Gasteiger partial charge in [0.1, 0.15) is 6.61 Å². The number of amides is 1. The van der Waals surface area contributed by atoms with Crippen LogP contribution in [0.4, 0.5) is 5.69 Å². The first kappa shape index (κ1) is 12.4. The second kappa shape index (κ2) is 5.05. The lowest BCUT2D eigenvalue weighted by Crippen LogP contribution is -2.41. The number of carboxylic acids is 1. The van der Waals surface area contributed by atoms with Crippen LogP contribution in [0.1, 0.15) is 15.9 Å². The van der Waals surface area contributed by atoms with Gasteiger partial charge in [-0.1, -0.05) is 6.07 Å². The van der Waals surface area contributed by atoms with Crippen molar-refractivity contribution in [2.75, 3.05) is 25.5 Å². The van der Waals surface area contributed by atoms with Gasteiger partial charge in [-0.3, -0.25) is 4.79 Å². The molecule has 0 atom stereocenters. The fraction of sp³-hybridized carbons (Fsp3) is 0.333. The lowest BCUT2D eigenvalue weighted by Gasteiger charge is -2.27. The van der Waals surface area contributed by atoms with Crippen LogP contribution in [0.2, 0.25) is 0 Å². The Balaban J connectivity index is 2.22. The highest BCUT2D eigenvalue weighted by Crippen LogP contribution is 2.17. The number of hydrogen-bond donors (Lipinski definition) is 2. The number of rotatable bonds is 3. The number of nitrogens with two attached hydrogens (primary N) is 1. The van der Waals surface area contributed by atoms with Crippen LogP contribution in [0.5, 0.6) is 0 Å². The molecule has 0 bridgehead atoms.